The van der Waals surface area contributed by atoms with Crippen molar-refractivity contribution in [3.05, 3.63) is 33.7 Å². The van der Waals surface area contributed by atoms with Gasteiger partial charge >= 0.3 is 0 Å². The largest absolute Gasteiger partial charge is 0.326 e. The molecule has 70 valence electrons. The highest BCUT2D eigenvalue weighted by Gasteiger charge is 1.93. The predicted octanol–water partition coefficient (Wildman–Crippen LogP) is 2.09. The van der Waals surface area contributed by atoms with Gasteiger partial charge in [0, 0.05) is 11.3 Å². The molecule has 2 nitrogen and oxygen atoms in total. The van der Waals surface area contributed by atoms with E-state index in [9.17, 15) is 4.79 Å². The average Bonchev–Trinajstić information content (AvgIpc) is 1.88. The molecule has 0 aliphatic heterocycles. The van der Waals surface area contributed by atoms with Crippen molar-refractivity contribution in [1.29, 1.82) is 0 Å². The number of pyridine rings is 1. The molecule has 0 aromatic carbocycles. The number of halogens is 2. The molecular formula is C8H13Cl2NO. The van der Waals surface area contributed by atoms with E-state index >= 15 is 0 Å². The number of hydrogen-bond acceptors (Lipinski definition) is 1. The molecule has 1 heterocycles. The van der Waals surface area contributed by atoms with Gasteiger partial charge < -0.3 is 4.98 Å². The molecule has 0 bridgehead atoms. The van der Waals surface area contributed by atoms with Crippen LogP contribution in [-0.4, -0.2) is 4.98 Å². The molecule has 0 radical (unpaired) electrons. The van der Waals surface area contributed by atoms with Crippen molar-refractivity contribution in [3.63, 3.8) is 0 Å². The zero-order valence-electron chi connectivity index (χ0n) is 7.09. The summed E-state index contributed by atoms with van der Waals surface area (Å²) in [6.45, 7) is 3.85. The van der Waals surface area contributed by atoms with Crippen LogP contribution in [0.2, 0.25) is 0 Å². The summed E-state index contributed by atoms with van der Waals surface area (Å²) in [6, 6.07) is 3.79. The van der Waals surface area contributed by atoms with Crippen molar-refractivity contribution in [2.75, 3.05) is 0 Å². The highest BCUT2D eigenvalue weighted by Crippen LogP contribution is 1.92. The van der Waals surface area contributed by atoms with Crippen LogP contribution in [0, 0.1) is 6.92 Å². The lowest BCUT2D eigenvalue weighted by Crippen LogP contribution is -2.11. The summed E-state index contributed by atoms with van der Waals surface area (Å²) in [7, 11) is 0. The third-order valence-electron chi connectivity index (χ3n) is 1.52. The van der Waals surface area contributed by atoms with E-state index in [1.807, 2.05) is 26.0 Å². The summed E-state index contributed by atoms with van der Waals surface area (Å²) >= 11 is 0. The van der Waals surface area contributed by atoms with E-state index in [0.29, 0.717) is 0 Å². The molecular weight excluding hydrogens is 197 g/mol. The molecule has 0 aliphatic carbocycles. The van der Waals surface area contributed by atoms with Gasteiger partial charge in [0.15, 0.2) is 0 Å². The maximum absolute atomic E-state index is 11.0. The molecule has 0 amide bonds. The van der Waals surface area contributed by atoms with E-state index in [2.05, 4.69) is 4.98 Å². The summed E-state index contributed by atoms with van der Waals surface area (Å²) in [5.74, 6) is 0. The van der Waals surface area contributed by atoms with Crippen molar-refractivity contribution in [3.8, 4) is 0 Å². The summed E-state index contributed by atoms with van der Waals surface area (Å²) < 4.78 is 0. The van der Waals surface area contributed by atoms with Crippen molar-refractivity contribution < 1.29 is 0 Å². The van der Waals surface area contributed by atoms with Crippen molar-refractivity contribution in [1.82, 2.24) is 4.98 Å². The summed E-state index contributed by atoms with van der Waals surface area (Å²) in [5.41, 5.74) is 1.82. The Hall–Kier alpha value is -0.470. The van der Waals surface area contributed by atoms with Gasteiger partial charge in [-0.1, -0.05) is 13.0 Å². The van der Waals surface area contributed by atoms with Crippen LogP contribution in [0.4, 0.5) is 0 Å². The maximum Gasteiger partial charge on any atom is 0.251 e. The van der Waals surface area contributed by atoms with Gasteiger partial charge in [-0.15, -0.1) is 24.8 Å². The number of aromatic nitrogens is 1. The molecule has 0 aliphatic rings. The Balaban J connectivity index is 0. The van der Waals surface area contributed by atoms with Gasteiger partial charge in [-0.2, -0.15) is 0 Å². The van der Waals surface area contributed by atoms with Crippen LogP contribution in [0.25, 0.3) is 0 Å². The van der Waals surface area contributed by atoms with E-state index < -0.39 is 0 Å². The zero-order valence-corrected chi connectivity index (χ0v) is 8.72. The van der Waals surface area contributed by atoms with Gasteiger partial charge in [-0.25, -0.2) is 0 Å². The number of H-pyrrole nitrogens is 1. The monoisotopic (exact) mass is 209 g/mol. The zero-order chi connectivity index (χ0) is 7.56. The lowest BCUT2D eigenvalue weighted by molar-refractivity contribution is 1.03. The third kappa shape index (κ3) is 3.28. The number of hydrogen-bond donors (Lipinski definition) is 1. The lowest BCUT2D eigenvalue weighted by atomic mass is 10.2. The molecule has 0 saturated heterocycles. The van der Waals surface area contributed by atoms with Crippen LogP contribution in [0.3, 0.4) is 0 Å². The first-order valence-electron chi connectivity index (χ1n) is 3.43. The molecule has 0 atom stereocenters. The van der Waals surface area contributed by atoms with Crippen LogP contribution in [0.15, 0.2) is 16.9 Å². The minimum absolute atomic E-state index is 0. The fourth-order valence-corrected chi connectivity index (χ4v) is 0.881. The van der Waals surface area contributed by atoms with Crippen molar-refractivity contribution >= 4 is 24.8 Å². The number of rotatable bonds is 1. The van der Waals surface area contributed by atoms with Gasteiger partial charge in [0.2, 0.25) is 0 Å². The van der Waals surface area contributed by atoms with Crippen LogP contribution in [0.1, 0.15) is 18.2 Å². The molecule has 1 aromatic rings. The molecule has 12 heavy (non-hydrogen) atoms. The molecule has 1 N–H and O–H groups in total. The standard InChI is InChI=1S/C8H11NO.2ClH/c1-3-7-5-4-6(2)9-8(7)10;;/h4-5H,3H2,1-2H3,(H,9,10);2*1H. The van der Waals surface area contributed by atoms with Crippen LogP contribution >= 0.6 is 24.8 Å². The predicted molar refractivity (Wildman–Crippen MR) is 55.7 cm³/mol. The Morgan fingerprint density at radius 1 is 1.33 bits per heavy atom. The quantitative estimate of drug-likeness (QED) is 0.756. The molecule has 4 heteroatoms. The molecule has 0 spiro atoms. The number of nitrogens with one attached hydrogen (secondary N) is 1. The van der Waals surface area contributed by atoms with E-state index in [0.717, 1.165) is 17.7 Å². The highest BCUT2D eigenvalue weighted by molar-refractivity contribution is 5.85. The minimum atomic E-state index is 0. The second-order valence-electron chi connectivity index (χ2n) is 2.35. The topological polar surface area (TPSA) is 32.9 Å². The number of aromatic amines is 1. The molecule has 0 saturated carbocycles. The van der Waals surface area contributed by atoms with Crippen LogP contribution in [-0.2, 0) is 6.42 Å². The summed E-state index contributed by atoms with van der Waals surface area (Å²) in [5, 5.41) is 0. The molecule has 0 unspecified atom stereocenters. The van der Waals surface area contributed by atoms with Gasteiger partial charge in [-0.05, 0) is 19.4 Å². The van der Waals surface area contributed by atoms with Crippen LogP contribution in [0.5, 0.6) is 0 Å². The maximum atomic E-state index is 11.0. The van der Waals surface area contributed by atoms with E-state index in [-0.39, 0.29) is 30.4 Å². The van der Waals surface area contributed by atoms with E-state index in [4.69, 9.17) is 0 Å². The Morgan fingerprint density at radius 3 is 2.33 bits per heavy atom. The smallest absolute Gasteiger partial charge is 0.251 e. The fourth-order valence-electron chi connectivity index (χ4n) is 0.881. The first kappa shape index (κ1) is 14.1. The first-order valence-corrected chi connectivity index (χ1v) is 3.43. The minimum Gasteiger partial charge on any atom is -0.326 e. The van der Waals surface area contributed by atoms with Crippen molar-refractivity contribution in [2.45, 2.75) is 20.3 Å². The van der Waals surface area contributed by atoms with Crippen molar-refractivity contribution in [2.24, 2.45) is 0 Å². The van der Waals surface area contributed by atoms with Gasteiger partial charge in [0.1, 0.15) is 0 Å². The molecule has 1 rings (SSSR count). The normalized spacial score (nSPS) is 8.17. The highest BCUT2D eigenvalue weighted by atomic mass is 35.5. The Bertz CT molecular complexity index is 283. The second kappa shape index (κ2) is 6.09. The fraction of sp³-hybridized carbons (Fsp3) is 0.375. The van der Waals surface area contributed by atoms with E-state index in [1.54, 1.807) is 0 Å². The summed E-state index contributed by atoms with van der Waals surface area (Å²) in [6.07, 6.45) is 0.801. The Morgan fingerprint density at radius 2 is 1.92 bits per heavy atom. The van der Waals surface area contributed by atoms with E-state index in [1.165, 1.54) is 0 Å². The first-order chi connectivity index (χ1) is 4.74. The summed E-state index contributed by atoms with van der Waals surface area (Å²) in [4.78, 5) is 13.7. The SMILES string of the molecule is CCc1ccc(C)[nH]c1=O.Cl.Cl. The van der Waals surface area contributed by atoms with Crippen LogP contribution < -0.4 is 5.56 Å². The second-order valence-corrected chi connectivity index (χ2v) is 2.35. The van der Waals surface area contributed by atoms with Gasteiger partial charge in [-0.3, -0.25) is 4.79 Å². The molecule has 1 aromatic heterocycles. The average molecular weight is 210 g/mol. The number of aryl methyl sites for hydroxylation is 2. The van der Waals surface area contributed by atoms with Gasteiger partial charge in [0.25, 0.3) is 5.56 Å². The third-order valence-corrected chi connectivity index (χ3v) is 1.52. The Labute approximate surface area is 84.2 Å². The lowest BCUT2D eigenvalue weighted by Gasteiger charge is -1.94. The van der Waals surface area contributed by atoms with Gasteiger partial charge in [0.05, 0.1) is 0 Å². The molecule has 0 fully saturated rings. The Kier molecular flexibility index (Phi) is 7.15.